The van der Waals surface area contributed by atoms with Crippen molar-refractivity contribution in [3.63, 3.8) is 0 Å². The van der Waals surface area contributed by atoms with E-state index >= 15 is 0 Å². The van der Waals surface area contributed by atoms with E-state index in [1.807, 2.05) is 13.8 Å². The third kappa shape index (κ3) is 4.22. The van der Waals surface area contributed by atoms with E-state index < -0.39 is 5.82 Å². The lowest BCUT2D eigenvalue weighted by atomic mass is 9.95. The number of para-hydroxylation sites is 1. The number of carbonyl (C=O) groups excluding carboxylic acids is 1. The van der Waals surface area contributed by atoms with Crippen molar-refractivity contribution < 1.29 is 9.18 Å². The molecule has 1 aromatic heterocycles. The monoisotopic (exact) mass is 381 g/mol. The summed E-state index contributed by atoms with van der Waals surface area (Å²) < 4.78 is 15.6. The van der Waals surface area contributed by atoms with Crippen LogP contribution in [0.5, 0.6) is 0 Å². The highest BCUT2D eigenvalue weighted by Crippen LogP contribution is 2.20. The first-order valence-corrected chi connectivity index (χ1v) is 8.70. The van der Waals surface area contributed by atoms with Gasteiger partial charge >= 0.3 is 0 Å². The average Bonchev–Trinajstić information content (AvgIpc) is 3.03. The molecule has 6 nitrogen and oxygen atoms in total. The van der Waals surface area contributed by atoms with Gasteiger partial charge in [-0.05, 0) is 31.0 Å². The number of benzene rings is 1. The molecule has 0 aliphatic carbocycles. The molecular formula is C18H25ClFN5O. The maximum Gasteiger partial charge on any atom is 0.291 e. The molecule has 0 bridgehead atoms. The molecule has 2 heterocycles. The van der Waals surface area contributed by atoms with Gasteiger partial charge in [0.25, 0.3) is 5.91 Å². The zero-order valence-corrected chi connectivity index (χ0v) is 16.0. The molecule has 3 rings (SSSR count). The highest BCUT2D eigenvalue weighted by Gasteiger charge is 2.26. The number of nitrogens with zero attached hydrogens (tertiary/aromatic N) is 3. The summed E-state index contributed by atoms with van der Waals surface area (Å²) in [4.78, 5) is 17.0. The molecule has 1 aromatic carbocycles. The van der Waals surface area contributed by atoms with Gasteiger partial charge in [0, 0.05) is 18.5 Å². The van der Waals surface area contributed by atoms with Crippen molar-refractivity contribution in [2.45, 2.75) is 39.2 Å². The summed E-state index contributed by atoms with van der Waals surface area (Å²) in [6.07, 6.45) is 1.01. The molecule has 1 amide bonds. The van der Waals surface area contributed by atoms with Gasteiger partial charge in [-0.1, -0.05) is 32.9 Å². The minimum atomic E-state index is -0.397. The van der Waals surface area contributed by atoms with E-state index in [-0.39, 0.29) is 36.1 Å². The van der Waals surface area contributed by atoms with Crippen LogP contribution in [0.15, 0.2) is 24.3 Å². The van der Waals surface area contributed by atoms with Crippen LogP contribution >= 0.6 is 12.4 Å². The van der Waals surface area contributed by atoms with Gasteiger partial charge in [-0.3, -0.25) is 4.79 Å². The van der Waals surface area contributed by atoms with E-state index in [1.54, 1.807) is 18.2 Å². The molecular weight excluding hydrogens is 357 g/mol. The van der Waals surface area contributed by atoms with Gasteiger partial charge < -0.3 is 10.6 Å². The van der Waals surface area contributed by atoms with Crippen LogP contribution in [0.2, 0.25) is 0 Å². The molecule has 26 heavy (non-hydrogen) atoms. The first-order chi connectivity index (χ1) is 12.0. The van der Waals surface area contributed by atoms with Crippen molar-refractivity contribution in [2.24, 2.45) is 5.92 Å². The third-order valence-corrected chi connectivity index (χ3v) is 4.58. The number of hydrogen-bond donors (Lipinski definition) is 2. The fraction of sp³-hybridized carbons (Fsp3) is 0.500. The van der Waals surface area contributed by atoms with Crippen LogP contribution < -0.4 is 10.6 Å². The Hall–Kier alpha value is -1.99. The van der Waals surface area contributed by atoms with Gasteiger partial charge in [0.1, 0.15) is 17.3 Å². The molecule has 0 spiro atoms. The third-order valence-electron chi connectivity index (χ3n) is 4.58. The molecule has 2 unspecified atom stereocenters. The minimum absolute atomic E-state index is 0. The Kier molecular flexibility index (Phi) is 6.72. The van der Waals surface area contributed by atoms with Crippen molar-refractivity contribution in [1.82, 2.24) is 25.4 Å². The topological polar surface area (TPSA) is 71.8 Å². The first-order valence-electron chi connectivity index (χ1n) is 8.70. The summed E-state index contributed by atoms with van der Waals surface area (Å²) in [7, 11) is 0. The maximum atomic E-state index is 14.2. The Balaban J connectivity index is 0.00000243. The second-order valence-corrected chi connectivity index (χ2v) is 6.86. The summed E-state index contributed by atoms with van der Waals surface area (Å²) in [6.45, 7) is 7.70. The number of carbonyl (C=O) groups is 1. The SMILES string of the molecule is CC(C)c1nc(C(=O)NC2CNCCC2C)nn1-c1ccccc1F.Cl. The molecule has 2 aromatic rings. The normalized spacial score (nSPS) is 19.9. The summed E-state index contributed by atoms with van der Waals surface area (Å²) in [6, 6.07) is 6.40. The van der Waals surface area contributed by atoms with Crippen LogP contribution in [0, 0.1) is 11.7 Å². The van der Waals surface area contributed by atoms with Gasteiger partial charge in [-0.25, -0.2) is 14.1 Å². The second kappa shape index (κ2) is 8.60. The molecule has 1 aliphatic heterocycles. The van der Waals surface area contributed by atoms with Gasteiger partial charge in [-0.2, -0.15) is 0 Å². The highest BCUT2D eigenvalue weighted by molar-refractivity contribution is 5.90. The number of amides is 1. The Morgan fingerprint density at radius 1 is 1.38 bits per heavy atom. The second-order valence-electron chi connectivity index (χ2n) is 6.86. The van der Waals surface area contributed by atoms with Gasteiger partial charge in [-0.15, -0.1) is 17.5 Å². The fourth-order valence-corrected chi connectivity index (χ4v) is 3.01. The van der Waals surface area contributed by atoms with Crippen LogP contribution in [0.1, 0.15) is 49.6 Å². The Morgan fingerprint density at radius 3 is 2.77 bits per heavy atom. The zero-order valence-electron chi connectivity index (χ0n) is 15.2. The quantitative estimate of drug-likeness (QED) is 0.854. The van der Waals surface area contributed by atoms with E-state index in [4.69, 9.17) is 0 Å². The standard InChI is InChI=1S/C18H24FN5O.ClH/c1-11(2)17-22-16(18(25)21-14-10-20-9-8-12(14)3)23-24(17)15-7-5-4-6-13(15)19;/h4-7,11-12,14,20H,8-10H2,1-3H3,(H,21,25);1H. The predicted octanol–water partition coefficient (Wildman–Crippen LogP) is 2.68. The van der Waals surface area contributed by atoms with Crippen molar-refractivity contribution in [3.8, 4) is 5.69 Å². The molecule has 0 radical (unpaired) electrons. The van der Waals surface area contributed by atoms with Gasteiger partial charge in [0.2, 0.25) is 5.82 Å². The van der Waals surface area contributed by atoms with E-state index in [0.717, 1.165) is 19.5 Å². The highest BCUT2D eigenvalue weighted by atomic mass is 35.5. The van der Waals surface area contributed by atoms with E-state index in [0.29, 0.717) is 17.4 Å². The van der Waals surface area contributed by atoms with Crippen molar-refractivity contribution in [3.05, 3.63) is 41.7 Å². The van der Waals surface area contributed by atoms with Crippen molar-refractivity contribution in [2.75, 3.05) is 13.1 Å². The van der Waals surface area contributed by atoms with Crippen molar-refractivity contribution in [1.29, 1.82) is 0 Å². The lowest BCUT2D eigenvalue weighted by Crippen LogP contribution is -2.50. The summed E-state index contributed by atoms with van der Waals surface area (Å²) in [5.41, 5.74) is 0.297. The molecule has 1 saturated heterocycles. The Bertz CT molecular complexity index is 764. The number of piperidine rings is 1. The van der Waals surface area contributed by atoms with E-state index in [2.05, 4.69) is 27.6 Å². The van der Waals surface area contributed by atoms with Crippen LogP contribution in [-0.2, 0) is 0 Å². The Morgan fingerprint density at radius 2 is 2.12 bits per heavy atom. The molecule has 142 valence electrons. The molecule has 2 N–H and O–H groups in total. The van der Waals surface area contributed by atoms with Crippen LogP contribution in [0.25, 0.3) is 5.69 Å². The summed E-state index contributed by atoms with van der Waals surface area (Å²) in [5.74, 6) is 0.311. The summed E-state index contributed by atoms with van der Waals surface area (Å²) >= 11 is 0. The van der Waals surface area contributed by atoms with Crippen molar-refractivity contribution >= 4 is 18.3 Å². The van der Waals surface area contributed by atoms with Crippen LogP contribution in [0.4, 0.5) is 4.39 Å². The number of halogens is 2. The van der Waals surface area contributed by atoms with E-state index in [1.165, 1.54) is 10.7 Å². The van der Waals surface area contributed by atoms with Crippen LogP contribution in [0.3, 0.4) is 0 Å². The molecule has 1 aliphatic rings. The van der Waals surface area contributed by atoms with Crippen LogP contribution in [-0.4, -0.2) is 39.8 Å². The number of rotatable bonds is 4. The minimum Gasteiger partial charge on any atom is -0.345 e. The fourth-order valence-electron chi connectivity index (χ4n) is 3.01. The number of aromatic nitrogens is 3. The summed E-state index contributed by atoms with van der Waals surface area (Å²) in [5, 5.41) is 10.6. The lowest BCUT2D eigenvalue weighted by molar-refractivity contribution is 0.0904. The molecule has 8 heteroatoms. The average molecular weight is 382 g/mol. The van der Waals surface area contributed by atoms with Gasteiger partial charge in [0.05, 0.1) is 0 Å². The lowest BCUT2D eigenvalue weighted by Gasteiger charge is -2.29. The number of nitrogens with one attached hydrogen (secondary N) is 2. The maximum absolute atomic E-state index is 14.2. The molecule has 2 atom stereocenters. The Labute approximate surface area is 159 Å². The zero-order chi connectivity index (χ0) is 18.0. The van der Waals surface area contributed by atoms with E-state index in [9.17, 15) is 9.18 Å². The first kappa shape index (κ1) is 20.3. The smallest absolute Gasteiger partial charge is 0.291 e. The number of hydrogen-bond acceptors (Lipinski definition) is 4. The molecule has 1 fully saturated rings. The largest absolute Gasteiger partial charge is 0.345 e. The molecule has 0 saturated carbocycles. The predicted molar refractivity (Wildman–Crippen MR) is 101 cm³/mol. The van der Waals surface area contributed by atoms with Gasteiger partial charge in [0.15, 0.2) is 0 Å².